The van der Waals surface area contributed by atoms with Gasteiger partial charge in [0.15, 0.2) is 9.84 Å². The third-order valence-electron chi connectivity index (χ3n) is 2.55. The molecule has 0 unspecified atom stereocenters. The molecule has 0 saturated heterocycles. The quantitative estimate of drug-likeness (QED) is 0.618. The highest BCUT2D eigenvalue weighted by Gasteiger charge is 2.06. The van der Waals surface area contributed by atoms with Crippen LogP contribution in [0.5, 0.6) is 0 Å². The van der Waals surface area contributed by atoms with E-state index in [1.807, 2.05) is 0 Å². The Kier molecular flexibility index (Phi) is 7.13. The summed E-state index contributed by atoms with van der Waals surface area (Å²) >= 11 is 0. The van der Waals surface area contributed by atoms with E-state index in [0.29, 0.717) is 12.6 Å². The molecule has 0 aromatic heterocycles. The molecule has 0 aromatic rings. The summed E-state index contributed by atoms with van der Waals surface area (Å²) in [5.41, 5.74) is 0. The molecule has 0 aromatic carbocycles. The highest BCUT2D eigenvalue weighted by molar-refractivity contribution is 7.91. The third-order valence-corrected chi connectivity index (χ3v) is 4.26. The maximum atomic E-state index is 11.2. The molecular formula is C10H24N2O2S. The van der Waals surface area contributed by atoms with Gasteiger partial charge < -0.3 is 10.2 Å². The van der Waals surface area contributed by atoms with Crippen LogP contribution < -0.4 is 5.32 Å². The molecule has 4 nitrogen and oxygen atoms in total. The number of likely N-dealkylation sites (N-methyl/N-ethyl adjacent to an activating group) is 1. The van der Waals surface area contributed by atoms with Gasteiger partial charge in [-0.15, -0.1) is 0 Å². The number of hydrogen-bond acceptors (Lipinski definition) is 4. The van der Waals surface area contributed by atoms with Crippen molar-refractivity contribution < 1.29 is 8.42 Å². The summed E-state index contributed by atoms with van der Waals surface area (Å²) in [5, 5.41) is 3.14. The maximum Gasteiger partial charge on any atom is 0.151 e. The molecule has 0 fully saturated rings. The average Bonchev–Trinajstić information content (AvgIpc) is 2.16. The largest absolute Gasteiger partial charge is 0.314 e. The number of sulfone groups is 1. The van der Waals surface area contributed by atoms with Crippen LogP contribution in [0.3, 0.4) is 0 Å². The summed E-state index contributed by atoms with van der Waals surface area (Å²) < 4.78 is 22.3. The molecule has 0 aliphatic heterocycles. The molecule has 0 rings (SSSR count). The summed E-state index contributed by atoms with van der Waals surface area (Å²) in [4.78, 5) is 2.22. The number of rotatable bonds is 8. The molecule has 0 aliphatic carbocycles. The van der Waals surface area contributed by atoms with Gasteiger partial charge in [-0.3, -0.25) is 0 Å². The van der Waals surface area contributed by atoms with Gasteiger partial charge in [0.25, 0.3) is 0 Å². The van der Waals surface area contributed by atoms with Gasteiger partial charge in [0.05, 0.1) is 5.75 Å². The predicted molar refractivity (Wildman–Crippen MR) is 65.0 cm³/mol. The SMILES string of the molecule is CCS(=O)(=O)CCNCCN(C)C(C)C. The van der Waals surface area contributed by atoms with E-state index in [-0.39, 0.29) is 11.5 Å². The van der Waals surface area contributed by atoms with E-state index in [0.717, 1.165) is 13.1 Å². The van der Waals surface area contributed by atoms with Crippen molar-refractivity contribution in [2.45, 2.75) is 26.8 Å². The second-order valence-corrected chi connectivity index (χ2v) is 6.53. The van der Waals surface area contributed by atoms with Crippen LogP contribution in [0.1, 0.15) is 20.8 Å². The molecular weight excluding hydrogens is 212 g/mol. The van der Waals surface area contributed by atoms with E-state index in [4.69, 9.17) is 0 Å². The molecule has 0 atom stereocenters. The molecule has 0 heterocycles. The molecule has 0 bridgehead atoms. The van der Waals surface area contributed by atoms with Crippen LogP contribution in [0.4, 0.5) is 0 Å². The van der Waals surface area contributed by atoms with Gasteiger partial charge in [0.2, 0.25) is 0 Å². The van der Waals surface area contributed by atoms with Crippen LogP contribution in [0.15, 0.2) is 0 Å². The lowest BCUT2D eigenvalue weighted by Gasteiger charge is -2.20. The molecule has 0 amide bonds. The molecule has 0 radical (unpaired) electrons. The molecule has 15 heavy (non-hydrogen) atoms. The van der Waals surface area contributed by atoms with Crippen molar-refractivity contribution >= 4 is 9.84 Å². The van der Waals surface area contributed by atoms with Crippen LogP contribution in [0.2, 0.25) is 0 Å². The van der Waals surface area contributed by atoms with Gasteiger partial charge in [0, 0.05) is 31.4 Å². The molecule has 0 saturated carbocycles. The van der Waals surface area contributed by atoms with Crippen LogP contribution in [-0.4, -0.2) is 57.5 Å². The number of nitrogens with one attached hydrogen (secondary N) is 1. The van der Waals surface area contributed by atoms with Crippen molar-refractivity contribution in [2.24, 2.45) is 0 Å². The maximum absolute atomic E-state index is 11.2. The first kappa shape index (κ1) is 14.9. The lowest BCUT2D eigenvalue weighted by molar-refractivity contribution is 0.274. The van der Waals surface area contributed by atoms with Crippen molar-refractivity contribution in [1.29, 1.82) is 0 Å². The summed E-state index contributed by atoms with van der Waals surface area (Å²) in [6.07, 6.45) is 0. The van der Waals surface area contributed by atoms with E-state index >= 15 is 0 Å². The summed E-state index contributed by atoms with van der Waals surface area (Å²) in [6, 6.07) is 0.533. The Hall–Kier alpha value is -0.130. The summed E-state index contributed by atoms with van der Waals surface area (Å²) in [5.74, 6) is 0.482. The standard InChI is InChI=1S/C10H24N2O2S/c1-5-15(13,14)9-7-11-6-8-12(4)10(2)3/h10-11H,5-9H2,1-4H3. The monoisotopic (exact) mass is 236 g/mol. The topological polar surface area (TPSA) is 49.4 Å². The van der Waals surface area contributed by atoms with Gasteiger partial charge >= 0.3 is 0 Å². The van der Waals surface area contributed by atoms with Crippen LogP contribution in [0.25, 0.3) is 0 Å². The first-order valence-electron chi connectivity index (χ1n) is 5.50. The average molecular weight is 236 g/mol. The fourth-order valence-corrected chi connectivity index (χ4v) is 1.75. The lowest BCUT2D eigenvalue weighted by Crippen LogP contribution is -2.35. The van der Waals surface area contributed by atoms with E-state index in [1.54, 1.807) is 6.92 Å². The van der Waals surface area contributed by atoms with Gasteiger partial charge in [-0.05, 0) is 20.9 Å². The van der Waals surface area contributed by atoms with Crippen LogP contribution in [-0.2, 0) is 9.84 Å². The minimum Gasteiger partial charge on any atom is -0.314 e. The zero-order valence-electron chi connectivity index (χ0n) is 10.3. The fraction of sp³-hybridized carbons (Fsp3) is 1.00. The van der Waals surface area contributed by atoms with E-state index in [2.05, 4.69) is 31.1 Å². The predicted octanol–water partition coefficient (Wildman–Crippen LogP) is 0.351. The molecule has 1 N–H and O–H groups in total. The minimum atomic E-state index is -2.81. The van der Waals surface area contributed by atoms with Crippen LogP contribution in [0, 0.1) is 0 Å². The van der Waals surface area contributed by atoms with Crippen LogP contribution >= 0.6 is 0 Å². The Balaban J connectivity index is 3.49. The Labute approximate surface area is 94.0 Å². The summed E-state index contributed by atoms with van der Waals surface area (Å²) in [7, 11) is -0.748. The van der Waals surface area contributed by atoms with Gasteiger partial charge in [-0.25, -0.2) is 8.42 Å². The normalized spacial score (nSPS) is 12.7. The van der Waals surface area contributed by atoms with Crippen molar-refractivity contribution in [3.63, 3.8) is 0 Å². The zero-order valence-corrected chi connectivity index (χ0v) is 11.1. The van der Waals surface area contributed by atoms with Crippen molar-refractivity contribution in [1.82, 2.24) is 10.2 Å². The highest BCUT2D eigenvalue weighted by Crippen LogP contribution is 1.91. The van der Waals surface area contributed by atoms with Crippen molar-refractivity contribution in [2.75, 3.05) is 38.2 Å². The highest BCUT2D eigenvalue weighted by atomic mass is 32.2. The van der Waals surface area contributed by atoms with Crippen molar-refractivity contribution in [3.05, 3.63) is 0 Å². The second kappa shape index (κ2) is 7.19. The van der Waals surface area contributed by atoms with Gasteiger partial charge in [-0.1, -0.05) is 6.92 Å². The Morgan fingerprint density at radius 1 is 1.27 bits per heavy atom. The lowest BCUT2D eigenvalue weighted by atomic mass is 10.3. The molecule has 5 heteroatoms. The minimum absolute atomic E-state index is 0.237. The Bertz CT molecular complexity index is 250. The molecule has 0 aliphatic rings. The van der Waals surface area contributed by atoms with E-state index in [1.165, 1.54) is 0 Å². The Morgan fingerprint density at radius 3 is 2.33 bits per heavy atom. The molecule has 92 valence electrons. The van der Waals surface area contributed by atoms with E-state index in [9.17, 15) is 8.42 Å². The fourth-order valence-electron chi connectivity index (χ4n) is 1.01. The smallest absolute Gasteiger partial charge is 0.151 e. The zero-order chi connectivity index (χ0) is 11.9. The Morgan fingerprint density at radius 2 is 1.87 bits per heavy atom. The van der Waals surface area contributed by atoms with Crippen molar-refractivity contribution in [3.8, 4) is 0 Å². The number of hydrogen-bond donors (Lipinski definition) is 1. The van der Waals surface area contributed by atoms with E-state index < -0.39 is 9.84 Å². The first-order chi connectivity index (χ1) is 6.89. The van der Waals surface area contributed by atoms with Gasteiger partial charge in [-0.2, -0.15) is 0 Å². The molecule has 0 spiro atoms. The second-order valence-electron chi connectivity index (χ2n) is 4.06. The van der Waals surface area contributed by atoms with Gasteiger partial charge in [0.1, 0.15) is 0 Å². The third kappa shape index (κ3) is 7.76. The summed E-state index contributed by atoms with van der Waals surface area (Å²) in [6.45, 7) is 8.31. The number of nitrogens with zero attached hydrogens (tertiary/aromatic N) is 1. The first-order valence-corrected chi connectivity index (χ1v) is 7.32.